The van der Waals surface area contributed by atoms with Gasteiger partial charge >= 0.3 is 0 Å². The smallest absolute Gasteiger partial charge is 0.119 e. The van der Waals surface area contributed by atoms with Crippen molar-refractivity contribution in [1.82, 2.24) is 0 Å². The van der Waals surface area contributed by atoms with Crippen LogP contribution in [0.4, 0.5) is 0 Å². The first-order valence-corrected chi connectivity index (χ1v) is 8.28. The molecule has 21 heavy (non-hydrogen) atoms. The van der Waals surface area contributed by atoms with Crippen molar-refractivity contribution in [1.29, 1.82) is 0 Å². The molecule has 2 aromatic carbocycles. The summed E-state index contributed by atoms with van der Waals surface area (Å²) in [5.41, 5.74) is 4.74. The van der Waals surface area contributed by atoms with Crippen LogP contribution in [0, 0.1) is 13.8 Å². The third-order valence-corrected chi connectivity index (χ3v) is 4.81. The van der Waals surface area contributed by atoms with Crippen molar-refractivity contribution >= 4 is 11.8 Å². The van der Waals surface area contributed by atoms with Gasteiger partial charge in [-0.3, -0.25) is 0 Å². The third kappa shape index (κ3) is 4.04. The zero-order valence-electron chi connectivity index (χ0n) is 13.5. The number of aryl methyl sites for hydroxylation is 2. The molecule has 0 aliphatic heterocycles. The second-order valence-corrected chi connectivity index (χ2v) is 7.68. The van der Waals surface area contributed by atoms with E-state index in [0.29, 0.717) is 5.75 Å². The van der Waals surface area contributed by atoms with Crippen molar-refractivity contribution < 1.29 is 5.11 Å². The summed E-state index contributed by atoms with van der Waals surface area (Å²) >= 11 is 1.84. The predicted molar refractivity (Wildman–Crippen MR) is 92.3 cm³/mol. The van der Waals surface area contributed by atoms with Gasteiger partial charge in [-0.1, -0.05) is 50.6 Å². The number of benzene rings is 2. The molecule has 0 unspecified atom stereocenters. The van der Waals surface area contributed by atoms with E-state index in [1.807, 2.05) is 17.8 Å². The molecule has 0 spiro atoms. The number of hydrogen-bond donors (Lipinski definition) is 1. The van der Waals surface area contributed by atoms with Crippen molar-refractivity contribution in [2.24, 2.45) is 0 Å². The summed E-state index contributed by atoms with van der Waals surface area (Å²) in [5, 5.41) is 10.2. The van der Waals surface area contributed by atoms with Crippen molar-refractivity contribution in [3.63, 3.8) is 0 Å². The second-order valence-electron chi connectivity index (χ2n) is 6.66. The molecule has 0 saturated carbocycles. The maximum absolute atomic E-state index is 10.2. The standard InChI is InChI=1S/C19H24OS/c1-13-7-6-8-15(9-13)12-21-18-11-16(19(3,4)5)17(20)10-14(18)2/h6-11,20H,12H2,1-5H3. The molecule has 2 rings (SSSR count). The van der Waals surface area contributed by atoms with E-state index in [-0.39, 0.29) is 5.41 Å². The molecule has 0 bridgehead atoms. The van der Waals surface area contributed by atoms with Gasteiger partial charge < -0.3 is 5.11 Å². The van der Waals surface area contributed by atoms with Crippen LogP contribution >= 0.6 is 11.8 Å². The lowest BCUT2D eigenvalue weighted by Gasteiger charge is -2.22. The molecule has 0 aliphatic rings. The van der Waals surface area contributed by atoms with Gasteiger partial charge in [-0.25, -0.2) is 0 Å². The molecule has 0 aliphatic carbocycles. The first-order chi connectivity index (χ1) is 9.77. The summed E-state index contributed by atoms with van der Waals surface area (Å²) < 4.78 is 0. The molecular formula is C19H24OS. The van der Waals surface area contributed by atoms with Gasteiger partial charge in [-0.15, -0.1) is 11.8 Å². The molecule has 1 N–H and O–H groups in total. The van der Waals surface area contributed by atoms with Gasteiger partial charge in [0.2, 0.25) is 0 Å². The monoisotopic (exact) mass is 300 g/mol. The normalized spacial score (nSPS) is 11.7. The van der Waals surface area contributed by atoms with E-state index < -0.39 is 0 Å². The SMILES string of the molecule is Cc1cccc(CSc2cc(C(C)(C)C)c(O)cc2C)c1. The van der Waals surface area contributed by atoms with Crippen LogP contribution in [0.15, 0.2) is 41.3 Å². The van der Waals surface area contributed by atoms with Crippen LogP contribution in [0.1, 0.15) is 43.0 Å². The predicted octanol–water partition coefficient (Wildman–Crippen LogP) is 5.60. The highest BCUT2D eigenvalue weighted by atomic mass is 32.2. The van der Waals surface area contributed by atoms with Crippen LogP contribution in [0.5, 0.6) is 5.75 Å². The van der Waals surface area contributed by atoms with Gasteiger partial charge in [0.1, 0.15) is 5.75 Å². The quantitative estimate of drug-likeness (QED) is 0.745. The highest BCUT2D eigenvalue weighted by molar-refractivity contribution is 7.98. The fraction of sp³-hybridized carbons (Fsp3) is 0.368. The first kappa shape index (κ1) is 16.0. The number of phenols is 1. The van der Waals surface area contributed by atoms with Gasteiger partial charge in [-0.2, -0.15) is 0 Å². The summed E-state index contributed by atoms with van der Waals surface area (Å²) in [7, 11) is 0. The first-order valence-electron chi connectivity index (χ1n) is 7.30. The Kier molecular flexibility index (Phi) is 4.67. The molecule has 112 valence electrons. The highest BCUT2D eigenvalue weighted by Gasteiger charge is 2.19. The molecule has 0 heterocycles. The highest BCUT2D eigenvalue weighted by Crippen LogP contribution is 2.37. The fourth-order valence-corrected chi connectivity index (χ4v) is 3.38. The summed E-state index contributed by atoms with van der Waals surface area (Å²) in [6.45, 7) is 10.6. The molecule has 1 nitrogen and oxygen atoms in total. The van der Waals surface area contributed by atoms with E-state index in [1.54, 1.807) is 0 Å². The van der Waals surface area contributed by atoms with Crippen molar-refractivity contribution in [2.45, 2.75) is 50.7 Å². The zero-order valence-corrected chi connectivity index (χ0v) is 14.3. The third-order valence-electron chi connectivity index (χ3n) is 3.58. The van der Waals surface area contributed by atoms with Gasteiger partial charge in [0.05, 0.1) is 0 Å². The van der Waals surface area contributed by atoms with E-state index in [9.17, 15) is 5.11 Å². The van der Waals surface area contributed by atoms with Crippen LogP contribution in [0.2, 0.25) is 0 Å². The van der Waals surface area contributed by atoms with Crippen LogP contribution in [-0.4, -0.2) is 5.11 Å². The minimum atomic E-state index is -0.0452. The molecule has 2 heteroatoms. The Labute approximate surface area is 132 Å². The van der Waals surface area contributed by atoms with E-state index >= 15 is 0 Å². The van der Waals surface area contributed by atoms with Crippen molar-refractivity contribution in [3.8, 4) is 5.75 Å². The minimum absolute atomic E-state index is 0.0452. The Morgan fingerprint density at radius 3 is 2.38 bits per heavy atom. The average Bonchev–Trinajstić information content (AvgIpc) is 2.36. The van der Waals surface area contributed by atoms with Crippen LogP contribution < -0.4 is 0 Å². The lowest BCUT2D eigenvalue weighted by molar-refractivity contribution is 0.445. The van der Waals surface area contributed by atoms with Crippen LogP contribution in [0.3, 0.4) is 0 Å². The summed E-state index contributed by atoms with van der Waals surface area (Å²) in [5.74, 6) is 1.36. The van der Waals surface area contributed by atoms with Gasteiger partial charge in [0.15, 0.2) is 0 Å². The Balaban J connectivity index is 2.24. The number of aromatic hydroxyl groups is 1. The van der Waals surface area contributed by atoms with Crippen molar-refractivity contribution in [2.75, 3.05) is 0 Å². The molecule has 0 aromatic heterocycles. The average molecular weight is 300 g/mol. The maximum Gasteiger partial charge on any atom is 0.119 e. The Hall–Kier alpha value is -1.41. The lowest BCUT2D eigenvalue weighted by Crippen LogP contribution is -2.11. The fourth-order valence-electron chi connectivity index (χ4n) is 2.39. The van der Waals surface area contributed by atoms with Crippen LogP contribution in [0.25, 0.3) is 0 Å². The summed E-state index contributed by atoms with van der Waals surface area (Å²) in [6.07, 6.45) is 0. The Bertz CT molecular complexity index is 638. The summed E-state index contributed by atoms with van der Waals surface area (Å²) in [4.78, 5) is 1.25. The Morgan fingerprint density at radius 2 is 1.76 bits per heavy atom. The number of thioether (sulfide) groups is 1. The topological polar surface area (TPSA) is 20.2 Å². The number of rotatable bonds is 3. The van der Waals surface area contributed by atoms with Crippen LogP contribution in [-0.2, 0) is 11.2 Å². The van der Waals surface area contributed by atoms with Crippen molar-refractivity contribution in [3.05, 3.63) is 58.7 Å². The second kappa shape index (κ2) is 6.15. The molecule has 0 radical (unpaired) electrons. The minimum Gasteiger partial charge on any atom is -0.508 e. The Morgan fingerprint density at radius 1 is 1.05 bits per heavy atom. The molecule has 0 amide bonds. The maximum atomic E-state index is 10.2. The molecule has 0 atom stereocenters. The van der Waals surface area contributed by atoms with E-state index in [2.05, 4.69) is 65.0 Å². The number of phenolic OH excluding ortho intramolecular Hbond substituents is 1. The largest absolute Gasteiger partial charge is 0.508 e. The van der Waals surface area contributed by atoms with Gasteiger partial charge in [0.25, 0.3) is 0 Å². The van der Waals surface area contributed by atoms with E-state index in [4.69, 9.17) is 0 Å². The molecule has 2 aromatic rings. The zero-order chi connectivity index (χ0) is 15.6. The molecule has 0 fully saturated rings. The summed E-state index contributed by atoms with van der Waals surface area (Å²) in [6, 6.07) is 12.7. The van der Waals surface area contributed by atoms with Gasteiger partial charge in [0, 0.05) is 16.2 Å². The number of hydrogen-bond acceptors (Lipinski definition) is 2. The van der Waals surface area contributed by atoms with Gasteiger partial charge in [-0.05, 0) is 42.5 Å². The molecular weight excluding hydrogens is 276 g/mol. The van der Waals surface area contributed by atoms with E-state index in [1.165, 1.54) is 16.0 Å². The lowest BCUT2D eigenvalue weighted by atomic mass is 9.86. The van der Waals surface area contributed by atoms with E-state index in [0.717, 1.165) is 16.9 Å². The molecule has 0 saturated heterocycles.